The van der Waals surface area contributed by atoms with Crippen LogP contribution in [0.3, 0.4) is 0 Å². The summed E-state index contributed by atoms with van der Waals surface area (Å²) in [6, 6.07) is 7.71. The molecule has 2 aromatic rings. The molecule has 1 N–H and O–H groups in total. The molecule has 0 amide bonds. The highest BCUT2D eigenvalue weighted by atomic mass is 16.4. The maximum absolute atomic E-state index is 12.9. The Morgan fingerprint density at radius 2 is 1.88 bits per heavy atom. The molecule has 0 unspecified atom stereocenters. The molecule has 134 valence electrons. The Bertz CT molecular complexity index is 823. The first-order valence-corrected chi connectivity index (χ1v) is 8.67. The average molecular weight is 344 g/mol. The molecule has 1 aromatic heterocycles. The maximum atomic E-state index is 12.9. The minimum Gasteiger partial charge on any atom is -0.481 e. The summed E-state index contributed by atoms with van der Waals surface area (Å²) in [5.41, 5.74) is 0.480. The van der Waals surface area contributed by atoms with Crippen LogP contribution < -0.4 is 10.5 Å². The number of aromatic nitrogens is 2. The number of fused-ring (bicyclic) bond motifs is 1. The summed E-state index contributed by atoms with van der Waals surface area (Å²) in [6.07, 6.45) is -0.0983. The second kappa shape index (κ2) is 7.23. The zero-order chi connectivity index (χ0) is 18.0. The summed E-state index contributed by atoms with van der Waals surface area (Å²) in [5.74, 6) is -0.344. The van der Waals surface area contributed by atoms with Crippen LogP contribution in [0.2, 0.25) is 0 Å². The Labute approximate surface area is 146 Å². The molecule has 3 rings (SSSR count). The van der Waals surface area contributed by atoms with Gasteiger partial charge in [0, 0.05) is 38.8 Å². The number of carboxylic acids is 1. The Kier molecular flexibility index (Phi) is 5.03. The van der Waals surface area contributed by atoms with Crippen molar-refractivity contribution in [3.05, 3.63) is 34.6 Å². The molecule has 1 saturated heterocycles. The van der Waals surface area contributed by atoms with Crippen molar-refractivity contribution < 1.29 is 9.90 Å². The minimum atomic E-state index is -0.921. The fourth-order valence-corrected chi connectivity index (χ4v) is 3.25. The monoisotopic (exact) mass is 344 g/mol. The number of piperazine rings is 1. The molecule has 0 aliphatic carbocycles. The van der Waals surface area contributed by atoms with E-state index in [0.717, 1.165) is 26.2 Å². The van der Waals surface area contributed by atoms with E-state index in [1.807, 2.05) is 12.1 Å². The van der Waals surface area contributed by atoms with Crippen molar-refractivity contribution in [1.82, 2.24) is 14.5 Å². The van der Waals surface area contributed by atoms with E-state index < -0.39 is 5.97 Å². The lowest BCUT2D eigenvalue weighted by Gasteiger charge is -2.38. The normalized spacial score (nSPS) is 15.9. The van der Waals surface area contributed by atoms with Gasteiger partial charge in [0.1, 0.15) is 0 Å². The number of nitrogens with zero attached hydrogens (tertiary/aromatic N) is 4. The summed E-state index contributed by atoms with van der Waals surface area (Å²) in [7, 11) is 0. The molecule has 25 heavy (non-hydrogen) atoms. The number of carboxylic acid groups (broad SMARTS) is 1. The molecule has 2 heterocycles. The van der Waals surface area contributed by atoms with Crippen molar-refractivity contribution >= 4 is 22.8 Å². The highest BCUT2D eigenvalue weighted by Crippen LogP contribution is 2.18. The topological polar surface area (TPSA) is 78.7 Å². The van der Waals surface area contributed by atoms with Crippen molar-refractivity contribution in [2.75, 3.05) is 31.1 Å². The van der Waals surface area contributed by atoms with Gasteiger partial charge in [-0.05, 0) is 26.0 Å². The van der Waals surface area contributed by atoms with Gasteiger partial charge < -0.3 is 10.0 Å². The largest absolute Gasteiger partial charge is 0.481 e. The van der Waals surface area contributed by atoms with Gasteiger partial charge in [-0.25, -0.2) is 4.98 Å². The molecule has 1 aliphatic heterocycles. The van der Waals surface area contributed by atoms with E-state index >= 15 is 0 Å². The minimum absolute atomic E-state index is 0.0983. The van der Waals surface area contributed by atoms with Gasteiger partial charge in [0.05, 0.1) is 17.3 Å². The van der Waals surface area contributed by atoms with Gasteiger partial charge in [-0.1, -0.05) is 12.1 Å². The Balaban J connectivity index is 1.99. The molecule has 1 aliphatic rings. The Hall–Kier alpha value is -2.41. The summed E-state index contributed by atoms with van der Waals surface area (Å²) in [5, 5.41) is 9.55. The lowest BCUT2D eigenvalue weighted by Crippen LogP contribution is -2.50. The molecule has 0 saturated carbocycles. The smallest absolute Gasteiger partial charge is 0.305 e. The van der Waals surface area contributed by atoms with Crippen molar-refractivity contribution in [2.45, 2.75) is 32.9 Å². The summed E-state index contributed by atoms with van der Waals surface area (Å²) < 4.78 is 1.52. The molecular formula is C18H24N4O3. The van der Waals surface area contributed by atoms with E-state index in [4.69, 9.17) is 5.11 Å². The zero-order valence-electron chi connectivity index (χ0n) is 14.7. The third-order valence-corrected chi connectivity index (χ3v) is 4.72. The lowest BCUT2D eigenvalue weighted by atomic mass is 10.2. The molecule has 1 fully saturated rings. The molecule has 0 atom stereocenters. The molecule has 7 nitrogen and oxygen atoms in total. The highest BCUT2D eigenvalue weighted by Gasteiger charge is 2.23. The van der Waals surface area contributed by atoms with E-state index in [2.05, 4.69) is 28.6 Å². The van der Waals surface area contributed by atoms with E-state index in [1.54, 1.807) is 12.1 Å². The molecule has 0 spiro atoms. The fraction of sp³-hybridized carbons (Fsp3) is 0.500. The second-order valence-corrected chi connectivity index (χ2v) is 6.65. The lowest BCUT2D eigenvalue weighted by molar-refractivity contribution is -0.137. The van der Waals surface area contributed by atoms with E-state index in [-0.39, 0.29) is 18.5 Å². The number of hydrogen-bond donors (Lipinski definition) is 1. The van der Waals surface area contributed by atoms with Crippen LogP contribution in [0.4, 0.5) is 5.95 Å². The van der Waals surface area contributed by atoms with Crippen molar-refractivity contribution in [3.63, 3.8) is 0 Å². The predicted octanol–water partition coefficient (Wildman–Crippen LogP) is 1.40. The first-order valence-electron chi connectivity index (χ1n) is 8.67. The number of aliphatic carboxylic acids is 1. The molecule has 7 heteroatoms. The standard InChI is InChI=1S/C18H24N4O3/c1-13(2)20-9-11-21(12-10-20)18-19-15-6-4-3-5-14(15)17(25)22(18)8-7-16(23)24/h3-6,13H,7-12H2,1-2H3,(H,23,24). The van der Waals surface area contributed by atoms with Crippen LogP contribution >= 0.6 is 0 Å². The quantitative estimate of drug-likeness (QED) is 0.883. The van der Waals surface area contributed by atoms with Crippen molar-refractivity contribution in [3.8, 4) is 0 Å². The fourth-order valence-electron chi connectivity index (χ4n) is 3.25. The molecule has 1 aromatic carbocycles. The summed E-state index contributed by atoms with van der Waals surface area (Å²) in [4.78, 5) is 33.0. The van der Waals surface area contributed by atoms with Gasteiger partial charge in [-0.15, -0.1) is 0 Å². The predicted molar refractivity (Wildman–Crippen MR) is 97.2 cm³/mol. The number of carbonyl (C=O) groups is 1. The van der Waals surface area contributed by atoms with Gasteiger partial charge in [-0.3, -0.25) is 19.1 Å². The van der Waals surface area contributed by atoms with Crippen LogP contribution in [0.1, 0.15) is 20.3 Å². The highest BCUT2D eigenvalue weighted by molar-refractivity contribution is 5.78. The van der Waals surface area contributed by atoms with Crippen LogP contribution in [-0.4, -0.2) is 57.7 Å². The van der Waals surface area contributed by atoms with Crippen LogP contribution in [-0.2, 0) is 11.3 Å². The number of anilines is 1. The molecule has 0 radical (unpaired) electrons. The average Bonchev–Trinajstić information content (AvgIpc) is 2.60. The third kappa shape index (κ3) is 3.66. The van der Waals surface area contributed by atoms with Gasteiger partial charge in [0.2, 0.25) is 5.95 Å². The number of rotatable bonds is 5. The number of benzene rings is 1. The Morgan fingerprint density at radius 1 is 1.20 bits per heavy atom. The van der Waals surface area contributed by atoms with Crippen LogP contribution in [0.25, 0.3) is 10.9 Å². The second-order valence-electron chi connectivity index (χ2n) is 6.65. The van der Waals surface area contributed by atoms with Crippen LogP contribution in [0.5, 0.6) is 0 Å². The number of para-hydroxylation sites is 1. The van der Waals surface area contributed by atoms with Gasteiger partial charge in [0.25, 0.3) is 5.56 Å². The summed E-state index contributed by atoms with van der Waals surface area (Å²) >= 11 is 0. The van der Waals surface area contributed by atoms with Gasteiger partial charge in [0.15, 0.2) is 0 Å². The van der Waals surface area contributed by atoms with Crippen molar-refractivity contribution in [2.24, 2.45) is 0 Å². The first kappa shape index (κ1) is 17.4. The SMILES string of the molecule is CC(C)N1CCN(c2nc3ccccc3c(=O)n2CCC(=O)O)CC1. The molecular weight excluding hydrogens is 320 g/mol. The van der Waals surface area contributed by atoms with E-state index in [0.29, 0.717) is 22.9 Å². The van der Waals surface area contributed by atoms with E-state index in [9.17, 15) is 9.59 Å². The van der Waals surface area contributed by atoms with Gasteiger partial charge in [-0.2, -0.15) is 0 Å². The van der Waals surface area contributed by atoms with Crippen LogP contribution in [0.15, 0.2) is 29.1 Å². The van der Waals surface area contributed by atoms with Crippen molar-refractivity contribution in [1.29, 1.82) is 0 Å². The van der Waals surface area contributed by atoms with E-state index in [1.165, 1.54) is 4.57 Å². The molecule has 0 bridgehead atoms. The van der Waals surface area contributed by atoms with Crippen LogP contribution in [0, 0.1) is 0 Å². The maximum Gasteiger partial charge on any atom is 0.305 e. The number of hydrogen-bond acceptors (Lipinski definition) is 5. The first-order chi connectivity index (χ1) is 12.0. The Morgan fingerprint density at radius 3 is 2.52 bits per heavy atom. The summed E-state index contributed by atoms with van der Waals surface area (Å²) in [6.45, 7) is 7.83. The zero-order valence-corrected chi connectivity index (χ0v) is 14.7. The third-order valence-electron chi connectivity index (χ3n) is 4.72. The van der Waals surface area contributed by atoms with Gasteiger partial charge >= 0.3 is 5.97 Å².